The smallest absolute Gasteiger partial charge is 0.231 e. The molecule has 0 radical (unpaired) electrons. The van der Waals surface area contributed by atoms with E-state index in [-0.39, 0.29) is 12.8 Å². The summed E-state index contributed by atoms with van der Waals surface area (Å²) in [4.78, 5) is 4.89. The lowest BCUT2D eigenvalue weighted by Gasteiger charge is -2.03. The number of nitrogens with zero attached hydrogens (tertiary/aromatic N) is 1. The van der Waals surface area contributed by atoms with E-state index in [1.807, 2.05) is 0 Å². The molecule has 2 rings (SSSR count). The number of benzene rings is 1. The minimum atomic E-state index is -0.191. The number of guanidine groups is 1. The lowest BCUT2D eigenvalue weighted by molar-refractivity contribution is 0.174. The van der Waals surface area contributed by atoms with E-state index in [2.05, 4.69) is 5.16 Å². The van der Waals surface area contributed by atoms with E-state index in [1.165, 1.54) is 0 Å². The molecule has 1 aromatic carbocycles. The Balaban J connectivity index is 2.28. The van der Waals surface area contributed by atoms with Gasteiger partial charge in [0.15, 0.2) is 17.2 Å². The van der Waals surface area contributed by atoms with Gasteiger partial charge in [0.05, 0.1) is 5.02 Å². The fraction of sp³-hybridized carbons (Fsp3) is 0.125. The molecule has 4 N–H and O–H groups in total. The second-order valence-electron chi connectivity index (χ2n) is 2.74. The molecule has 0 bridgehead atoms. The van der Waals surface area contributed by atoms with Crippen molar-refractivity contribution < 1.29 is 14.3 Å². The van der Waals surface area contributed by atoms with Crippen molar-refractivity contribution in [3.63, 3.8) is 0 Å². The maximum Gasteiger partial charge on any atom is 0.231 e. The molecule has 0 amide bonds. The Hall–Kier alpha value is -1.82. The molecule has 0 saturated heterocycles. The first-order valence-corrected chi connectivity index (χ1v) is 4.39. The van der Waals surface area contributed by atoms with E-state index in [9.17, 15) is 0 Å². The monoisotopic (exact) mass is 229 g/mol. The molecule has 1 aliphatic rings. The zero-order chi connectivity index (χ0) is 10.8. The SMILES string of the molecule is NC(N)=NOc1cc2c(cc1Cl)OCO2. The first kappa shape index (κ1) is 9.72. The number of hydrogen-bond donors (Lipinski definition) is 2. The summed E-state index contributed by atoms with van der Waals surface area (Å²) in [5, 5.41) is 3.71. The number of fused-ring (bicyclic) bond motifs is 1. The number of halogens is 1. The van der Waals surface area contributed by atoms with Gasteiger partial charge in [-0.2, -0.15) is 0 Å². The van der Waals surface area contributed by atoms with E-state index < -0.39 is 0 Å². The number of ether oxygens (including phenoxy) is 2. The van der Waals surface area contributed by atoms with Crippen molar-refractivity contribution in [1.29, 1.82) is 0 Å². The van der Waals surface area contributed by atoms with Gasteiger partial charge >= 0.3 is 0 Å². The molecular formula is C8H8ClN3O3. The van der Waals surface area contributed by atoms with Gasteiger partial charge in [-0.1, -0.05) is 11.6 Å². The fourth-order valence-corrected chi connectivity index (χ4v) is 1.26. The van der Waals surface area contributed by atoms with Crippen LogP contribution in [0.4, 0.5) is 0 Å². The molecule has 1 heterocycles. The van der Waals surface area contributed by atoms with Gasteiger partial charge in [-0.3, -0.25) is 0 Å². The Labute approximate surface area is 90.3 Å². The normalized spacial score (nSPS) is 12.3. The van der Waals surface area contributed by atoms with E-state index >= 15 is 0 Å². The molecule has 0 aromatic heterocycles. The van der Waals surface area contributed by atoms with Gasteiger partial charge in [0.25, 0.3) is 0 Å². The van der Waals surface area contributed by atoms with E-state index in [4.69, 9.17) is 37.4 Å². The summed E-state index contributed by atoms with van der Waals surface area (Å²) in [6.45, 7) is 0.164. The molecule has 0 unspecified atom stereocenters. The zero-order valence-corrected chi connectivity index (χ0v) is 8.32. The third kappa shape index (κ3) is 1.99. The molecule has 80 valence electrons. The Morgan fingerprint density at radius 1 is 1.33 bits per heavy atom. The first-order valence-electron chi connectivity index (χ1n) is 4.02. The summed E-state index contributed by atoms with van der Waals surface area (Å²) in [6.07, 6.45) is 0. The van der Waals surface area contributed by atoms with Crippen LogP contribution in [0.2, 0.25) is 5.02 Å². The van der Waals surface area contributed by atoms with Crippen LogP contribution in [0.25, 0.3) is 0 Å². The number of oxime groups is 1. The second-order valence-corrected chi connectivity index (χ2v) is 3.15. The third-order valence-electron chi connectivity index (χ3n) is 1.68. The van der Waals surface area contributed by atoms with Gasteiger partial charge in [-0.05, 0) is 5.16 Å². The van der Waals surface area contributed by atoms with Crippen LogP contribution in [0, 0.1) is 0 Å². The second kappa shape index (κ2) is 3.74. The van der Waals surface area contributed by atoms with Gasteiger partial charge in [-0.15, -0.1) is 0 Å². The van der Waals surface area contributed by atoms with E-state index in [1.54, 1.807) is 12.1 Å². The summed E-state index contributed by atoms with van der Waals surface area (Å²) < 4.78 is 10.2. The quantitative estimate of drug-likeness (QED) is 0.441. The van der Waals surface area contributed by atoms with E-state index in [0.717, 1.165) is 0 Å². The molecule has 1 aromatic rings. The summed E-state index contributed by atoms with van der Waals surface area (Å²) >= 11 is 5.88. The predicted octanol–water partition coefficient (Wildman–Crippen LogP) is 0.636. The fourth-order valence-electron chi connectivity index (χ4n) is 1.07. The molecule has 0 saturated carbocycles. The Kier molecular flexibility index (Phi) is 2.42. The predicted molar refractivity (Wildman–Crippen MR) is 54.0 cm³/mol. The molecule has 6 nitrogen and oxygen atoms in total. The molecule has 0 fully saturated rings. The maximum absolute atomic E-state index is 5.88. The average molecular weight is 230 g/mol. The van der Waals surface area contributed by atoms with Gasteiger partial charge in [0.1, 0.15) is 0 Å². The summed E-state index contributed by atoms with van der Waals surface area (Å²) in [6, 6.07) is 3.12. The van der Waals surface area contributed by atoms with Crippen molar-refractivity contribution in [2.75, 3.05) is 6.79 Å². The van der Waals surface area contributed by atoms with Gasteiger partial charge in [-0.25, -0.2) is 0 Å². The molecule has 0 spiro atoms. The minimum absolute atomic E-state index is 0.164. The van der Waals surface area contributed by atoms with Gasteiger partial charge < -0.3 is 25.8 Å². The highest BCUT2D eigenvalue weighted by molar-refractivity contribution is 6.32. The van der Waals surface area contributed by atoms with Crippen molar-refractivity contribution in [3.8, 4) is 17.2 Å². The van der Waals surface area contributed by atoms with E-state index in [0.29, 0.717) is 22.3 Å². The molecule has 0 aliphatic carbocycles. The van der Waals surface area contributed by atoms with Crippen molar-refractivity contribution >= 4 is 17.6 Å². The van der Waals surface area contributed by atoms with Crippen LogP contribution in [0.5, 0.6) is 17.2 Å². The molecule has 1 aliphatic heterocycles. The lowest BCUT2D eigenvalue weighted by Crippen LogP contribution is -2.23. The standard InChI is InChI=1S/C8H8ClN3O3/c9-4-1-6-7(14-3-13-6)2-5(4)15-12-8(10)11/h1-2H,3H2,(H4,10,11,12). The Morgan fingerprint density at radius 3 is 2.67 bits per heavy atom. The average Bonchev–Trinajstić information content (AvgIpc) is 2.60. The first-order chi connectivity index (χ1) is 7.16. The van der Waals surface area contributed by atoms with Crippen molar-refractivity contribution in [2.24, 2.45) is 16.6 Å². The largest absolute Gasteiger partial charge is 0.454 e. The molecular weight excluding hydrogens is 222 g/mol. The number of rotatable bonds is 2. The van der Waals surface area contributed by atoms with Crippen LogP contribution >= 0.6 is 11.6 Å². The number of nitrogens with two attached hydrogens (primary N) is 2. The van der Waals surface area contributed by atoms with Gasteiger partial charge in [0.2, 0.25) is 12.8 Å². The Bertz CT molecular complexity index is 418. The van der Waals surface area contributed by atoms with Crippen LogP contribution < -0.4 is 25.8 Å². The molecule has 0 atom stereocenters. The highest BCUT2D eigenvalue weighted by Gasteiger charge is 2.17. The van der Waals surface area contributed by atoms with Crippen LogP contribution in [0.15, 0.2) is 17.3 Å². The lowest BCUT2D eigenvalue weighted by atomic mass is 10.3. The zero-order valence-electron chi connectivity index (χ0n) is 7.57. The van der Waals surface area contributed by atoms with Crippen LogP contribution in [-0.2, 0) is 0 Å². The third-order valence-corrected chi connectivity index (χ3v) is 1.97. The highest BCUT2D eigenvalue weighted by atomic mass is 35.5. The van der Waals surface area contributed by atoms with Crippen molar-refractivity contribution in [3.05, 3.63) is 17.2 Å². The summed E-state index contributed by atoms with van der Waals surface area (Å²) in [5.74, 6) is 1.22. The molecule has 15 heavy (non-hydrogen) atoms. The van der Waals surface area contributed by atoms with Crippen LogP contribution in [-0.4, -0.2) is 12.8 Å². The number of hydrogen-bond acceptors (Lipinski definition) is 4. The van der Waals surface area contributed by atoms with Crippen molar-refractivity contribution in [2.45, 2.75) is 0 Å². The van der Waals surface area contributed by atoms with Gasteiger partial charge in [0, 0.05) is 12.1 Å². The van der Waals surface area contributed by atoms with Crippen molar-refractivity contribution in [1.82, 2.24) is 0 Å². The summed E-state index contributed by atoms with van der Waals surface area (Å²) in [7, 11) is 0. The topological polar surface area (TPSA) is 92.1 Å². The highest BCUT2D eigenvalue weighted by Crippen LogP contribution is 2.40. The molecule has 7 heteroatoms. The van der Waals surface area contributed by atoms with Crippen LogP contribution in [0.3, 0.4) is 0 Å². The summed E-state index contributed by atoms with van der Waals surface area (Å²) in [5.41, 5.74) is 10.2. The maximum atomic E-state index is 5.88. The van der Waals surface area contributed by atoms with Crippen LogP contribution in [0.1, 0.15) is 0 Å². The Morgan fingerprint density at radius 2 is 2.00 bits per heavy atom. The minimum Gasteiger partial charge on any atom is -0.454 e.